The van der Waals surface area contributed by atoms with E-state index >= 15 is 0 Å². The van der Waals surface area contributed by atoms with E-state index in [0.29, 0.717) is 28.1 Å². The molecule has 11 heteroatoms. The van der Waals surface area contributed by atoms with Gasteiger partial charge < -0.3 is 10.3 Å². The van der Waals surface area contributed by atoms with Gasteiger partial charge in [0.05, 0.1) is 4.34 Å². The summed E-state index contributed by atoms with van der Waals surface area (Å²) in [5.41, 5.74) is 7.08. The predicted molar refractivity (Wildman–Crippen MR) is 112 cm³/mol. The van der Waals surface area contributed by atoms with Crippen LogP contribution in [-0.2, 0) is 21.4 Å². The van der Waals surface area contributed by atoms with Crippen LogP contribution in [0.2, 0.25) is 4.34 Å². The molecule has 1 fully saturated rings. The molecule has 1 amide bonds. The van der Waals surface area contributed by atoms with Gasteiger partial charge >= 0.3 is 0 Å². The summed E-state index contributed by atoms with van der Waals surface area (Å²) in [5.74, 6) is 0.0901. The van der Waals surface area contributed by atoms with Gasteiger partial charge in [0.15, 0.2) is 0 Å². The molecule has 0 unspecified atom stereocenters. The Bertz CT molecular complexity index is 1130. The lowest BCUT2D eigenvalue weighted by Crippen LogP contribution is -2.47. The summed E-state index contributed by atoms with van der Waals surface area (Å²) in [5, 5.41) is 3.78. The molecule has 8 nitrogen and oxygen atoms in total. The van der Waals surface area contributed by atoms with E-state index in [-0.39, 0.29) is 10.8 Å². The van der Waals surface area contributed by atoms with Crippen LogP contribution in [0.1, 0.15) is 24.8 Å². The molecule has 1 aromatic carbocycles. The lowest BCUT2D eigenvalue weighted by atomic mass is 10.1. The summed E-state index contributed by atoms with van der Waals surface area (Å²) in [6, 6.07) is 9.12. The molecule has 2 aromatic heterocycles. The van der Waals surface area contributed by atoms with Gasteiger partial charge in [0, 0.05) is 12.1 Å². The molecule has 3 aromatic rings. The molecule has 1 aliphatic rings. The normalized spacial score (nSPS) is 15.4. The molecule has 158 valence electrons. The second kappa shape index (κ2) is 8.46. The van der Waals surface area contributed by atoms with Crippen LogP contribution in [0.4, 0.5) is 0 Å². The van der Waals surface area contributed by atoms with Gasteiger partial charge in [-0.05, 0) is 30.0 Å². The molecular formula is C19H19ClN4O4S2. The zero-order valence-corrected chi connectivity index (χ0v) is 18.2. The highest BCUT2D eigenvalue weighted by Gasteiger charge is 2.39. The number of carbonyl (C=O) groups excluding carboxylic acids is 1. The van der Waals surface area contributed by atoms with E-state index in [9.17, 15) is 13.2 Å². The van der Waals surface area contributed by atoms with Crippen molar-refractivity contribution in [3.8, 4) is 11.4 Å². The minimum absolute atomic E-state index is 0.00467. The SMILES string of the molecule is NC(=O)[C@@H](CC1CC1)N(Cc1ccc(-c2ncon2)cc1)S(=O)(=O)c1ccc(Cl)s1. The quantitative estimate of drug-likeness (QED) is 0.516. The molecular weight excluding hydrogens is 448 g/mol. The van der Waals surface area contributed by atoms with E-state index in [1.54, 1.807) is 24.3 Å². The first-order valence-corrected chi connectivity index (χ1v) is 11.9. The number of carbonyl (C=O) groups is 1. The Morgan fingerprint density at radius 3 is 2.53 bits per heavy atom. The number of hydrogen-bond acceptors (Lipinski definition) is 7. The molecule has 0 bridgehead atoms. The number of sulfonamides is 1. The van der Waals surface area contributed by atoms with E-state index < -0.39 is 22.0 Å². The van der Waals surface area contributed by atoms with E-state index in [0.717, 1.165) is 29.7 Å². The monoisotopic (exact) mass is 466 g/mol. The van der Waals surface area contributed by atoms with Crippen LogP contribution in [0.15, 0.2) is 51.5 Å². The highest BCUT2D eigenvalue weighted by atomic mass is 35.5. The topological polar surface area (TPSA) is 119 Å². The second-order valence-electron chi connectivity index (χ2n) is 7.16. The number of nitrogens with zero attached hydrogens (tertiary/aromatic N) is 3. The van der Waals surface area contributed by atoms with Crippen LogP contribution in [-0.4, -0.2) is 34.8 Å². The van der Waals surface area contributed by atoms with Gasteiger partial charge in [-0.2, -0.15) is 9.29 Å². The van der Waals surface area contributed by atoms with Crippen molar-refractivity contribution >= 4 is 38.9 Å². The number of aromatic nitrogens is 2. The van der Waals surface area contributed by atoms with Gasteiger partial charge in [0.2, 0.25) is 18.1 Å². The Kier molecular flexibility index (Phi) is 5.92. The Labute approximate surface area is 182 Å². The van der Waals surface area contributed by atoms with Crippen LogP contribution >= 0.6 is 22.9 Å². The van der Waals surface area contributed by atoms with Crippen molar-refractivity contribution in [2.45, 2.75) is 36.1 Å². The number of thiophene rings is 1. The molecule has 0 aliphatic heterocycles. The van der Waals surface area contributed by atoms with Gasteiger partial charge in [0.1, 0.15) is 10.3 Å². The van der Waals surface area contributed by atoms with E-state index in [2.05, 4.69) is 10.1 Å². The molecule has 1 atom stereocenters. The molecule has 4 rings (SSSR count). The molecule has 1 aliphatic carbocycles. The van der Waals surface area contributed by atoms with Crippen LogP contribution in [0.3, 0.4) is 0 Å². The number of primary amides is 1. The number of nitrogens with two attached hydrogens (primary N) is 1. The molecule has 0 radical (unpaired) electrons. The third-order valence-electron chi connectivity index (χ3n) is 4.95. The third-order valence-corrected chi connectivity index (χ3v) is 8.51. The Morgan fingerprint density at radius 2 is 2.00 bits per heavy atom. The Hall–Kier alpha value is -2.27. The fourth-order valence-corrected chi connectivity index (χ4v) is 6.40. The highest BCUT2D eigenvalue weighted by molar-refractivity contribution is 7.91. The second-order valence-corrected chi connectivity index (χ2v) is 11.0. The number of halogens is 1. The van der Waals surface area contributed by atoms with Crippen LogP contribution in [0.25, 0.3) is 11.4 Å². The minimum atomic E-state index is -3.97. The molecule has 30 heavy (non-hydrogen) atoms. The van der Waals surface area contributed by atoms with Crippen molar-refractivity contribution < 1.29 is 17.7 Å². The summed E-state index contributed by atoms with van der Waals surface area (Å²) in [6.07, 6.45) is 3.59. The highest BCUT2D eigenvalue weighted by Crippen LogP contribution is 2.37. The maximum Gasteiger partial charge on any atom is 0.253 e. The standard InChI is InChI=1S/C19H19ClN4O4S2/c20-16-7-8-17(29-16)30(26,27)24(15(18(21)25)9-12-1-2-12)10-13-3-5-14(6-4-13)19-22-11-28-23-19/h3-8,11-12,15H,1-2,9-10H2,(H2,21,25)/t15-/m1/s1. The van der Waals surface area contributed by atoms with E-state index in [1.807, 2.05) is 0 Å². The van der Waals surface area contributed by atoms with E-state index in [4.69, 9.17) is 21.9 Å². The first-order chi connectivity index (χ1) is 14.3. The van der Waals surface area contributed by atoms with Crippen LogP contribution in [0.5, 0.6) is 0 Å². The van der Waals surface area contributed by atoms with Gasteiger partial charge in [-0.1, -0.05) is 53.9 Å². The number of amides is 1. The zero-order valence-electron chi connectivity index (χ0n) is 15.8. The van der Waals surface area contributed by atoms with Gasteiger partial charge in [0.25, 0.3) is 10.0 Å². The van der Waals surface area contributed by atoms with E-state index in [1.165, 1.54) is 22.8 Å². The summed E-state index contributed by atoms with van der Waals surface area (Å²) < 4.78 is 33.2. The fourth-order valence-electron chi connectivity index (χ4n) is 3.20. The van der Waals surface area contributed by atoms with Crippen LogP contribution < -0.4 is 5.73 Å². The van der Waals surface area contributed by atoms with Crippen molar-refractivity contribution in [1.82, 2.24) is 14.4 Å². The molecule has 0 saturated heterocycles. The first kappa shape index (κ1) is 21.0. The number of rotatable bonds is 9. The lowest BCUT2D eigenvalue weighted by Gasteiger charge is -2.28. The summed E-state index contributed by atoms with van der Waals surface area (Å²) in [6.45, 7) is 0.00467. The van der Waals surface area contributed by atoms with Gasteiger partial charge in [-0.25, -0.2) is 8.42 Å². The first-order valence-electron chi connectivity index (χ1n) is 9.27. The zero-order chi connectivity index (χ0) is 21.3. The summed E-state index contributed by atoms with van der Waals surface area (Å²) >= 11 is 6.91. The Morgan fingerprint density at radius 1 is 1.27 bits per heavy atom. The predicted octanol–water partition coefficient (Wildman–Crippen LogP) is 3.30. The average Bonchev–Trinajstić information content (AvgIpc) is 3.16. The summed E-state index contributed by atoms with van der Waals surface area (Å²) in [4.78, 5) is 16.2. The molecule has 1 saturated carbocycles. The number of hydrogen-bond donors (Lipinski definition) is 1. The van der Waals surface area contributed by atoms with Crippen molar-refractivity contribution in [3.05, 3.63) is 52.7 Å². The van der Waals surface area contributed by atoms with Gasteiger partial charge in [-0.3, -0.25) is 4.79 Å². The van der Waals surface area contributed by atoms with Crippen molar-refractivity contribution in [3.63, 3.8) is 0 Å². The fraction of sp³-hybridized carbons (Fsp3) is 0.316. The van der Waals surface area contributed by atoms with Crippen molar-refractivity contribution in [2.75, 3.05) is 0 Å². The summed E-state index contributed by atoms with van der Waals surface area (Å²) in [7, 11) is -3.97. The van der Waals surface area contributed by atoms with Gasteiger partial charge in [-0.15, -0.1) is 11.3 Å². The molecule has 2 heterocycles. The lowest BCUT2D eigenvalue weighted by molar-refractivity contribution is -0.122. The maximum atomic E-state index is 13.4. The van der Waals surface area contributed by atoms with Crippen molar-refractivity contribution in [2.24, 2.45) is 11.7 Å². The molecule has 2 N–H and O–H groups in total. The average molecular weight is 467 g/mol. The van der Waals surface area contributed by atoms with Crippen LogP contribution in [0, 0.1) is 5.92 Å². The maximum absolute atomic E-state index is 13.4. The third kappa shape index (κ3) is 4.56. The smallest absolute Gasteiger partial charge is 0.253 e. The molecule has 0 spiro atoms. The Balaban J connectivity index is 1.66. The minimum Gasteiger partial charge on any atom is -0.368 e. The van der Waals surface area contributed by atoms with Crippen molar-refractivity contribution in [1.29, 1.82) is 0 Å². The number of benzene rings is 1. The largest absolute Gasteiger partial charge is 0.368 e.